The van der Waals surface area contributed by atoms with Crippen molar-refractivity contribution in [2.24, 2.45) is 5.73 Å². The number of rotatable bonds is 3. The van der Waals surface area contributed by atoms with Crippen LogP contribution in [-0.2, 0) is 12.0 Å². The van der Waals surface area contributed by atoms with Gasteiger partial charge in [0, 0.05) is 0 Å². The molecule has 0 unspecified atom stereocenters. The molecule has 0 amide bonds. The Morgan fingerprint density at radius 3 is 2.57 bits per heavy atom. The molecule has 0 saturated heterocycles. The number of phenols is 1. The van der Waals surface area contributed by atoms with Crippen molar-refractivity contribution in [3.8, 4) is 5.75 Å². The van der Waals surface area contributed by atoms with E-state index in [0.717, 1.165) is 17.5 Å². The van der Waals surface area contributed by atoms with Gasteiger partial charge in [0.25, 0.3) is 0 Å². The second-order valence-electron chi connectivity index (χ2n) is 3.77. The molecule has 4 N–H and O–H groups in total. The Bertz CT molecular complexity index is 321. The van der Waals surface area contributed by atoms with E-state index in [1.807, 2.05) is 6.92 Å². The van der Waals surface area contributed by atoms with Crippen molar-refractivity contribution in [2.45, 2.75) is 25.8 Å². The summed E-state index contributed by atoms with van der Waals surface area (Å²) in [5, 5.41) is 18.5. The lowest BCUT2D eigenvalue weighted by Gasteiger charge is -2.25. The van der Waals surface area contributed by atoms with E-state index in [4.69, 9.17) is 10.8 Å². The molecular weight excluding hydrogens is 178 g/mol. The number of hydrogen-bond acceptors (Lipinski definition) is 3. The fourth-order valence-corrected chi connectivity index (χ4v) is 1.51. The van der Waals surface area contributed by atoms with E-state index in [0.29, 0.717) is 0 Å². The number of aliphatic hydroxyl groups excluding tert-OH is 1. The van der Waals surface area contributed by atoms with Crippen LogP contribution in [0.1, 0.15) is 25.0 Å². The van der Waals surface area contributed by atoms with Gasteiger partial charge >= 0.3 is 0 Å². The highest BCUT2D eigenvalue weighted by Crippen LogP contribution is 2.25. The minimum Gasteiger partial charge on any atom is -0.508 e. The van der Waals surface area contributed by atoms with Crippen molar-refractivity contribution in [1.29, 1.82) is 0 Å². The predicted octanol–water partition coefficient (Wildman–Crippen LogP) is 1.12. The van der Waals surface area contributed by atoms with E-state index < -0.39 is 5.54 Å². The second-order valence-corrected chi connectivity index (χ2v) is 3.77. The Kier molecular flexibility index (Phi) is 3.13. The number of benzene rings is 1. The number of aromatic hydroxyl groups is 1. The molecule has 1 aromatic rings. The van der Waals surface area contributed by atoms with Gasteiger partial charge in [0.15, 0.2) is 0 Å². The largest absolute Gasteiger partial charge is 0.508 e. The standard InChI is InChI=1S/C11H17NO2/c1-3-8-6-9(14)4-5-10(8)11(2,12)7-13/h4-6,13-14H,3,7,12H2,1-2H3/t11-/m1/s1. The minimum atomic E-state index is -0.737. The van der Waals surface area contributed by atoms with Crippen LogP contribution in [0.3, 0.4) is 0 Å². The first-order valence-corrected chi connectivity index (χ1v) is 4.73. The highest BCUT2D eigenvalue weighted by Gasteiger charge is 2.22. The predicted molar refractivity (Wildman–Crippen MR) is 56.1 cm³/mol. The van der Waals surface area contributed by atoms with E-state index in [1.54, 1.807) is 25.1 Å². The van der Waals surface area contributed by atoms with E-state index in [2.05, 4.69) is 0 Å². The third-order valence-electron chi connectivity index (χ3n) is 2.41. The maximum atomic E-state index is 9.30. The average Bonchev–Trinajstić information content (AvgIpc) is 2.17. The summed E-state index contributed by atoms with van der Waals surface area (Å²) in [6.07, 6.45) is 0.788. The zero-order valence-corrected chi connectivity index (χ0v) is 8.62. The monoisotopic (exact) mass is 195 g/mol. The number of aliphatic hydroxyl groups is 1. The van der Waals surface area contributed by atoms with Gasteiger partial charge in [0.2, 0.25) is 0 Å². The summed E-state index contributed by atoms with van der Waals surface area (Å²) in [6, 6.07) is 5.05. The van der Waals surface area contributed by atoms with Crippen molar-refractivity contribution in [1.82, 2.24) is 0 Å². The van der Waals surface area contributed by atoms with E-state index in [1.165, 1.54) is 0 Å². The Morgan fingerprint density at radius 1 is 1.43 bits per heavy atom. The molecule has 14 heavy (non-hydrogen) atoms. The molecular formula is C11H17NO2. The summed E-state index contributed by atoms with van der Waals surface area (Å²) in [5.41, 5.74) is 7.06. The average molecular weight is 195 g/mol. The van der Waals surface area contributed by atoms with Gasteiger partial charge in [-0.15, -0.1) is 0 Å². The molecule has 3 heteroatoms. The minimum absolute atomic E-state index is 0.106. The van der Waals surface area contributed by atoms with Crippen molar-refractivity contribution in [3.63, 3.8) is 0 Å². The first kappa shape index (κ1) is 11.0. The Labute approximate surface area is 84.2 Å². The van der Waals surface area contributed by atoms with Gasteiger partial charge in [-0.2, -0.15) is 0 Å². The molecule has 3 nitrogen and oxygen atoms in total. The molecule has 0 aliphatic rings. The van der Waals surface area contributed by atoms with Crippen LogP contribution < -0.4 is 5.73 Å². The maximum absolute atomic E-state index is 9.30. The smallest absolute Gasteiger partial charge is 0.115 e. The van der Waals surface area contributed by atoms with Gasteiger partial charge in [0.05, 0.1) is 12.1 Å². The lowest BCUT2D eigenvalue weighted by atomic mass is 9.89. The molecule has 0 fully saturated rings. The lowest BCUT2D eigenvalue weighted by molar-refractivity contribution is 0.209. The van der Waals surface area contributed by atoms with Crippen molar-refractivity contribution in [3.05, 3.63) is 29.3 Å². The summed E-state index contributed by atoms with van der Waals surface area (Å²) in [4.78, 5) is 0. The van der Waals surface area contributed by atoms with Gasteiger partial charge in [-0.1, -0.05) is 13.0 Å². The van der Waals surface area contributed by atoms with E-state index in [9.17, 15) is 5.11 Å². The summed E-state index contributed by atoms with van der Waals surface area (Å²) < 4.78 is 0. The SMILES string of the molecule is CCc1cc(O)ccc1[C@](C)(N)CO. The number of aryl methyl sites for hydroxylation is 1. The Hall–Kier alpha value is -1.06. The lowest BCUT2D eigenvalue weighted by Crippen LogP contribution is -2.37. The molecule has 1 atom stereocenters. The van der Waals surface area contributed by atoms with Gasteiger partial charge in [-0.25, -0.2) is 0 Å². The molecule has 78 valence electrons. The second kappa shape index (κ2) is 3.98. The van der Waals surface area contributed by atoms with Crippen LogP contribution in [0, 0.1) is 0 Å². The van der Waals surface area contributed by atoms with Crippen LogP contribution in [-0.4, -0.2) is 16.8 Å². The van der Waals surface area contributed by atoms with Crippen LogP contribution in [0.4, 0.5) is 0 Å². The van der Waals surface area contributed by atoms with Gasteiger partial charge in [0.1, 0.15) is 5.75 Å². The maximum Gasteiger partial charge on any atom is 0.115 e. The third-order valence-corrected chi connectivity index (χ3v) is 2.41. The number of hydrogen-bond donors (Lipinski definition) is 3. The molecule has 0 aliphatic heterocycles. The first-order valence-electron chi connectivity index (χ1n) is 4.73. The molecule has 0 spiro atoms. The number of nitrogens with two attached hydrogens (primary N) is 1. The van der Waals surface area contributed by atoms with Crippen molar-refractivity contribution < 1.29 is 10.2 Å². The molecule has 0 aromatic heterocycles. The third kappa shape index (κ3) is 2.05. The van der Waals surface area contributed by atoms with Crippen molar-refractivity contribution in [2.75, 3.05) is 6.61 Å². The van der Waals surface area contributed by atoms with Crippen molar-refractivity contribution >= 4 is 0 Å². The molecule has 0 bridgehead atoms. The Morgan fingerprint density at radius 2 is 2.07 bits per heavy atom. The zero-order valence-electron chi connectivity index (χ0n) is 8.62. The molecule has 1 rings (SSSR count). The molecule has 0 aliphatic carbocycles. The van der Waals surface area contributed by atoms with Crippen LogP contribution in [0.5, 0.6) is 5.75 Å². The highest BCUT2D eigenvalue weighted by molar-refractivity contribution is 5.38. The normalized spacial score (nSPS) is 15.1. The van der Waals surface area contributed by atoms with Gasteiger partial charge < -0.3 is 15.9 Å². The topological polar surface area (TPSA) is 66.5 Å². The first-order chi connectivity index (χ1) is 6.51. The Balaban J connectivity index is 3.20. The van der Waals surface area contributed by atoms with Crippen LogP contribution >= 0.6 is 0 Å². The quantitative estimate of drug-likeness (QED) is 0.677. The molecule has 0 radical (unpaired) electrons. The molecule has 0 saturated carbocycles. The molecule has 1 aromatic carbocycles. The van der Waals surface area contributed by atoms with Crippen LogP contribution in [0.15, 0.2) is 18.2 Å². The number of phenolic OH excluding ortho intramolecular Hbond substituents is 1. The zero-order chi connectivity index (χ0) is 10.8. The molecule has 0 heterocycles. The highest BCUT2D eigenvalue weighted by atomic mass is 16.3. The summed E-state index contributed by atoms with van der Waals surface area (Å²) in [5.74, 6) is 0.235. The van der Waals surface area contributed by atoms with Crippen LogP contribution in [0.25, 0.3) is 0 Å². The fraction of sp³-hybridized carbons (Fsp3) is 0.455. The fourth-order valence-electron chi connectivity index (χ4n) is 1.51. The van der Waals surface area contributed by atoms with E-state index in [-0.39, 0.29) is 12.4 Å². The van der Waals surface area contributed by atoms with Gasteiger partial charge in [-0.3, -0.25) is 0 Å². The van der Waals surface area contributed by atoms with E-state index >= 15 is 0 Å². The summed E-state index contributed by atoms with van der Waals surface area (Å²) in [6.45, 7) is 3.66. The summed E-state index contributed by atoms with van der Waals surface area (Å²) in [7, 11) is 0. The summed E-state index contributed by atoms with van der Waals surface area (Å²) >= 11 is 0. The van der Waals surface area contributed by atoms with Crippen LogP contribution in [0.2, 0.25) is 0 Å². The van der Waals surface area contributed by atoms with Gasteiger partial charge in [-0.05, 0) is 36.6 Å².